The Morgan fingerprint density at radius 3 is 2.89 bits per heavy atom. The lowest BCUT2D eigenvalue weighted by molar-refractivity contribution is -0.137. The largest absolute Gasteiger partial charge is 0.481 e. The smallest absolute Gasteiger partial charge is 0.303 e. The van der Waals surface area contributed by atoms with Gasteiger partial charge in [0, 0.05) is 25.0 Å². The minimum absolute atomic E-state index is 0.0607. The number of aliphatic carboxylic acids is 1. The Morgan fingerprint density at radius 1 is 1.39 bits per heavy atom. The minimum atomic E-state index is -0.916. The first-order valence-electron chi connectivity index (χ1n) is 6.59. The maximum absolute atomic E-state index is 11.9. The van der Waals surface area contributed by atoms with Crippen LogP contribution in [0.25, 0.3) is 0 Å². The highest BCUT2D eigenvalue weighted by Crippen LogP contribution is 2.27. The molecule has 4 N–H and O–H groups in total. The number of hydrogen-bond acceptors (Lipinski definition) is 4. The van der Waals surface area contributed by atoms with E-state index < -0.39 is 12.0 Å². The van der Waals surface area contributed by atoms with Crippen LogP contribution in [0.5, 0.6) is 0 Å². The van der Waals surface area contributed by atoms with Crippen LogP contribution < -0.4 is 11.1 Å². The number of nitrogens with two attached hydrogens (primary N) is 1. The zero-order valence-electron chi connectivity index (χ0n) is 10.5. The van der Waals surface area contributed by atoms with E-state index in [1.54, 1.807) is 0 Å². The summed E-state index contributed by atoms with van der Waals surface area (Å²) in [4.78, 5) is 24.7. The highest BCUT2D eigenvalue weighted by molar-refractivity contribution is 5.82. The molecule has 0 aromatic carbocycles. The Hall–Kier alpha value is -1.14. The predicted molar refractivity (Wildman–Crippen MR) is 66.0 cm³/mol. The first-order chi connectivity index (χ1) is 8.58. The van der Waals surface area contributed by atoms with Crippen molar-refractivity contribution < 1.29 is 14.7 Å². The van der Waals surface area contributed by atoms with Gasteiger partial charge in [0.15, 0.2) is 0 Å². The molecule has 0 aromatic rings. The molecule has 0 aromatic heterocycles. The average molecular weight is 255 g/mol. The molecular weight excluding hydrogens is 234 g/mol. The van der Waals surface area contributed by atoms with Crippen molar-refractivity contribution >= 4 is 11.9 Å². The molecule has 2 heterocycles. The molecule has 0 spiro atoms. The molecule has 2 rings (SSSR count). The van der Waals surface area contributed by atoms with Gasteiger partial charge in [-0.1, -0.05) is 0 Å². The van der Waals surface area contributed by atoms with Crippen molar-refractivity contribution in [1.82, 2.24) is 10.2 Å². The summed E-state index contributed by atoms with van der Waals surface area (Å²) in [6, 6.07) is -0.0620. The van der Waals surface area contributed by atoms with Crippen molar-refractivity contribution in [2.75, 3.05) is 13.1 Å². The van der Waals surface area contributed by atoms with E-state index in [1.807, 2.05) is 0 Å². The van der Waals surface area contributed by atoms with E-state index in [9.17, 15) is 9.59 Å². The van der Waals surface area contributed by atoms with Gasteiger partial charge < -0.3 is 16.2 Å². The summed E-state index contributed by atoms with van der Waals surface area (Å²) < 4.78 is 0. The number of hydrogen-bond donors (Lipinski definition) is 3. The molecule has 0 saturated carbocycles. The molecule has 2 aliphatic rings. The Bertz CT molecular complexity index is 335. The van der Waals surface area contributed by atoms with Crippen molar-refractivity contribution in [2.24, 2.45) is 5.73 Å². The average Bonchev–Trinajstić information content (AvgIpc) is 2.90. The second kappa shape index (κ2) is 5.67. The Balaban J connectivity index is 1.78. The zero-order chi connectivity index (χ0) is 13.1. The molecule has 2 saturated heterocycles. The summed E-state index contributed by atoms with van der Waals surface area (Å²) >= 11 is 0. The van der Waals surface area contributed by atoms with Crippen LogP contribution in [0, 0.1) is 0 Å². The van der Waals surface area contributed by atoms with Crippen molar-refractivity contribution in [3.05, 3.63) is 0 Å². The summed E-state index contributed by atoms with van der Waals surface area (Å²) in [5.41, 5.74) is 5.69. The van der Waals surface area contributed by atoms with E-state index in [2.05, 4.69) is 10.2 Å². The van der Waals surface area contributed by atoms with Crippen LogP contribution in [0.3, 0.4) is 0 Å². The zero-order valence-corrected chi connectivity index (χ0v) is 10.5. The Kier molecular flexibility index (Phi) is 4.19. The summed E-state index contributed by atoms with van der Waals surface area (Å²) in [7, 11) is 0. The molecule has 3 unspecified atom stereocenters. The van der Waals surface area contributed by atoms with Gasteiger partial charge in [0.05, 0.1) is 6.04 Å². The van der Waals surface area contributed by atoms with Gasteiger partial charge in [0.25, 0.3) is 0 Å². The molecule has 2 aliphatic heterocycles. The summed E-state index contributed by atoms with van der Waals surface area (Å²) in [5.74, 6) is -1.13. The van der Waals surface area contributed by atoms with Crippen LogP contribution >= 0.6 is 0 Å². The maximum Gasteiger partial charge on any atom is 0.303 e. The van der Waals surface area contributed by atoms with E-state index in [0.717, 1.165) is 25.9 Å². The van der Waals surface area contributed by atoms with Crippen LogP contribution in [-0.4, -0.2) is 53.1 Å². The number of carboxylic acid groups (broad SMARTS) is 1. The van der Waals surface area contributed by atoms with Crippen LogP contribution in [-0.2, 0) is 9.59 Å². The molecule has 0 bridgehead atoms. The van der Waals surface area contributed by atoms with Crippen molar-refractivity contribution in [3.8, 4) is 0 Å². The molecule has 18 heavy (non-hydrogen) atoms. The Labute approximate surface area is 107 Å². The van der Waals surface area contributed by atoms with Crippen LogP contribution in [0.4, 0.5) is 0 Å². The van der Waals surface area contributed by atoms with Crippen molar-refractivity contribution in [3.63, 3.8) is 0 Å². The van der Waals surface area contributed by atoms with Crippen LogP contribution in [0.15, 0.2) is 0 Å². The van der Waals surface area contributed by atoms with Crippen molar-refractivity contribution in [1.29, 1.82) is 0 Å². The number of nitrogens with one attached hydrogen (secondary N) is 1. The normalized spacial score (nSPS) is 28.9. The number of amides is 1. The molecule has 2 fully saturated rings. The van der Waals surface area contributed by atoms with Crippen LogP contribution in [0.2, 0.25) is 0 Å². The standard InChI is InChI=1S/C12H21N3O3/c13-8(3-4-11(16)17)12(18)14-9-5-7-15-6-1-2-10(9)15/h8-10H,1-7,13H2,(H,14,18)(H,16,17). The lowest BCUT2D eigenvalue weighted by Gasteiger charge is -2.22. The SMILES string of the molecule is NC(CCC(=O)O)C(=O)NC1CCN2CCCC12. The fourth-order valence-electron chi connectivity index (χ4n) is 2.95. The van der Waals surface area contributed by atoms with Gasteiger partial charge >= 0.3 is 5.97 Å². The number of carbonyl (C=O) groups is 2. The van der Waals surface area contributed by atoms with Gasteiger partial charge in [0.2, 0.25) is 5.91 Å². The summed E-state index contributed by atoms with van der Waals surface area (Å²) in [6.07, 6.45) is 3.44. The predicted octanol–water partition coefficient (Wildman–Crippen LogP) is -0.469. The molecule has 1 amide bonds. The van der Waals surface area contributed by atoms with E-state index in [4.69, 9.17) is 10.8 Å². The fourth-order valence-corrected chi connectivity index (χ4v) is 2.95. The molecule has 0 radical (unpaired) electrons. The lowest BCUT2D eigenvalue weighted by Crippen LogP contribution is -2.49. The van der Waals surface area contributed by atoms with Gasteiger partial charge in [-0.05, 0) is 32.2 Å². The van der Waals surface area contributed by atoms with Crippen LogP contribution in [0.1, 0.15) is 32.1 Å². The maximum atomic E-state index is 11.9. The highest BCUT2D eigenvalue weighted by Gasteiger charge is 2.38. The van der Waals surface area contributed by atoms with E-state index in [-0.39, 0.29) is 24.8 Å². The third kappa shape index (κ3) is 3.00. The Morgan fingerprint density at radius 2 is 2.17 bits per heavy atom. The fraction of sp³-hybridized carbons (Fsp3) is 0.833. The third-order valence-electron chi connectivity index (χ3n) is 3.94. The topological polar surface area (TPSA) is 95.7 Å². The van der Waals surface area contributed by atoms with Gasteiger partial charge in [-0.25, -0.2) is 0 Å². The second-order valence-electron chi connectivity index (χ2n) is 5.19. The third-order valence-corrected chi connectivity index (χ3v) is 3.94. The monoisotopic (exact) mass is 255 g/mol. The summed E-state index contributed by atoms with van der Waals surface area (Å²) in [6.45, 7) is 2.17. The molecule has 102 valence electrons. The number of carboxylic acids is 1. The van der Waals surface area contributed by atoms with Gasteiger partial charge in [0.1, 0.15) is 0 Å². The molecule has 3 atom stereocenters. The number of nitrogens with zero attached hydrogens (tertiary/aromatic N) is 1. The van der Waals surface area contributed by atoms with Gasteiger partial charge in [-0.3, -0.25) is 14.5 Å². The number of fused-ring (bicyclic) bond motifs is 1. The van der Waals surface area contributed by atoms with E-state index >= 15 is 0 Å². The van der Waals surface area contributed by atoms with Gasteiger partial charge in [-0.2, -0.15) is 0 Å². The minimum Gasteiger partial charge on any atom is -0.481 e. The van der Waals surface area contributed by atoms with Crippen molar-refractivity contribution in [2.45, 2.75) is 50.2 Å². The first kappa shape index (κ1) is 13.3. The van der Waals surface area contributed by atoms with E-state index in [0.29, 0.717) is 6.04 Å². The number of rotatable bonds is 5. The second-order valence-corrected chi connectivity index (χ2v) is 5.19. The van der Waals surface area contributed by atoms with E-state index in [1.165, 1.54) is 6.42 Å². The lowest BCUT2D eigenvalue weighted by atomic mass is 10.1. The molecule has 6 heteroatoms. The molecule has 6 nitrogen and oxygen atoms in total. The highest BCUT2D eigenvalue weighted by atomic mass is 16.4. The van der Waals surface area contributed by atoms with Gasteiger partial charge in [-0.15, -0.1) is 0 Å². The first-order valence-corrected chi connectivity index (χ1v) is 6.59. The molecule has 0 aliphatic carbocycles. The number of carbonyl (C=O) groups excluding carboxylic acids is 1. The summed E-state index contributed by atoms with van der Waals surface area (Å²) in [5, 5.41) is 11.5. The quantitative estimate of drug-likeness (QED) is 0.617. The molecular formula is C12H21N3O3.